The molecule has 0 aliphatic rings. The van der Waals surface area contributed by atoms with Crippen LogP contribution in [0.25, 0.3) is 0 Å². The number of ether oxygens (including phenoxy) is 3. The van der Waals surface area contributed by atoms with Crippen LogP contribution in [-0.2, 0) is 11.2 Å². The molecule has 0 aliphatic heterocycles. The summed E-state index contributed by atoms with van der Waals surface area (Å²) in [5.74, 6) is 0.212. The van der Waals surface area contributed by atoms with E-state index in [1.165, 1.54) is 14.2 Å². The highest BCUT2D eigenvalue weighted by molar-refractivity contribution is 6.01. The minimum Gasteiger partial charge on any atom is -0.497 e. The second-order valence-corrected chi connectivity index (χ2v) is 5.05. The first kappa shape index (κ1) is 17.5. The molecule has 2 aromatic carbocycles. The van der Waals surface area contributed by atoms with Gasteiger partial charge in [-0.1, -0.05) is 30.3 Å². The van der Waals surface area contributed by atoms with Crippen molar-refractivity contribution in [3.63, 3.8) is 0 Å². The van der Waals surface area contributed by atoms with Gasteiger partial charge in [0.05, 0.1) is 20.8 Å². The van der Waals surface area contributed by atoms with Crippen LogP contribution in [0.5, 0.6) is 11.5 Å². The van der Waals surface area contributed by atoms with Crippen molar-refractivity contribution >= 4 is 11.8 Å². The van der Waals surface area contributed by atoms with E-state index in [4.69, 9.17) is 14.2 Å². The summed E-state index contributed by atoms with van der Waals surface area (Å²) in [4.78, 5) is 24.8. The Morgan fingerprint density at radius 1 is 1.00 bits per heavy atom. The van der Waals surface area contributed by atoms with Crippen LogP contribution in [0.3, 0.4) is 0 Å². The van der Waals surface area contributed by atoms with Crippen molar-refractivity contribution in [1.29, 1.82) is 0 Å². The second-order valence-electron chi connectivity index (χ2n) is 5.05. The van der Waals surface area contributed by atoms with E-state index in [0.717, 1.165) is 0 Å². The predicted molar refractivity (Wildman–Crippen MR) is 90.0 cm³/mol. The monoisotopic (exact) mass is 328 g/mol. The third-order valence-electron chi connectivity index (χ3n) is 3.54. The number of rotatable bonds is 7. The van der Waals surface area contributed by atoms with Crippen molar-refractivity contribution < 1.29 is 23.8 Å². The zero-order chi connectivity index (χ0) is 17.5. The summed E-state index contributed by atoms with van der Waals surface area (Å²) >= 11 is 0. The maximum Gasteiger partial charge on any atom is 0.342 e. The van der Waals surface area contributed by atoms with E-state index in [0.29, 0.717) is 22.6 Å². The molecule has 0 fully saturated rings. The van der Waals surface area contributed by atoms with E-state index in [-0.39, 0.29) is 24.4 Å². The number of carbonyl (C=O) groups excluding carboxylic acids is 2. The van der Waals surface area contributed by atoms with Crippen LogP contribution < -0.4 is 9.47 Å². The summed E-state index contributed by atoms with van der Waals surface area (Å²) < 4.78 is 15.6. The quantitative estimate of drug-likeness (QED) is 0.576. The molecule has 0 N–H and O–H groups in total. The Kier molecular flexibility index (Phi) is 5.95. The number of hydrogen-bond donors (Lipinski definition) is 0. The van der Waals surface area contributed by atoms with E-state index < -0.39 is 5.97 Å². The standard InChI is InChI=1S/C19H20O5/c1-4-24-19(21)18-14(10-15(22-2)12-17(18)23-3)11-16(20)13-8-6-5-7-9-13/h5-10,12H,4,11H2,1-3H3. The number of methoxy groups -OCH3 is 2. The average molecular weight is 328 g/mol. The highest BCUT2D eigenvalue weighted by Gasteiger charge is 2.22. The fourth-order valence-corrected chi connectivity index (χ4v) is 2.40. The molecule has 0 radical (unpaired) electrons. The Morgan fingerprint density at radius 2 is 1.71 bits per heavy atom. The molecule has 5 heteroatoms. The number of ketones is 1. The molecule has 0 unspecified atom stereocenters. The van der Waals surface area contributed by atoms with Gasteiger partial charge in [-0.05, 0) is 18.6 Å². The van der Waals surface area contributed by atoms with Crippen molar-refractivity contribution in [2.24, 2.45) is 0 Å². The lowest BCUT2D eigenvalue weighted by Crippen LogP contribution is -2.13. The van der Waals surface area contributed by atoms with Crippen molar-refractivity contribution in [2.45, 2.75) is 13.3 Å². The molecule has 0 spiro atoms. The molecule has 2 aromatic rings. The van der Waals surface area contributed by atoms with E-state index in [9.17, 15) is 9.59 Å². The lowest BCUT2D eigenvalue weighted by atomic mass is 9.97. The number of Topliss-reactive ketones (excluding diaryl/α,β-unsaturated/α-hetero) is 1. The molecule has 0 amide bonds. The summed E-state index contributed by atoms with van der Waals surface area (Å²) in [6.45, 7) is 1.96. The molecule has 0 bridgehead atoms. The highest BCUT2D eigenvalue weighted by atomic mass is 16.5. The summed E-state index contributed by atoms with van der Waals surface area (Å²) in [7, 11) is 2.97. The number of hydrogen-bond acceptors (Lipinski definition) is 5. The van der Waals surface area contributed by atoms with Crippen LogP contribution in [0.2, 0.25) is 0 Å². The Balaban J connectivity index is 2.45. The molecule has 0 saturated heterocycles. The van der Waals surface area contributed by atoms with Gasteiger partial charge in [0.1, 0.15) is 17.1 Å². The molecule has 0 atom stereocenters. The van der Waals surface area contributed by atoms with E-state index >= 15 is 0 Å². The van der Waals surface area contributed by atoms with Crippen LogP contribution in [0.4, 0.5) is 0 Å². The molecular formula is C19H20O5. The van der Waals surface area contributed by atoms with Crippen LogP contribution in [0, 0.1) is 0 Å². The lowest BCUT2D eigenvalue weighted by molar-refractivity contribution is 0.0521. The number of benzene rings is 2. The number of esters is 1. The topological polar surface area (TPSA) is 61.8 Å². The van der Waals surface area contributed by atoms with E-state index in [2.05, 4.69) is 0 Å². The van der Waals surface area contributed by atoms with Crippen molar-refractivity contribution in [3.8, 4) is 11.5 Å². The Bertz CT molecular complexity index is 722. The average Bonchev–Trinajstić information content (AvgIpc) is 2.61. The Hall–Kier alpha value is -2.82. The van der Waals surface area contributed by atoms with Gasteiger partial charge in [-0.15, -0.1) is 0 Å². The molecule has 0 aliphatic carbocycles. The first-order chi connectivity index (χ1) is 11.6. The molecule has 24 heavy (non-hydrogen) atoms. The van der Waals surface area contributed by atoms with Gasteiger partial charge in [-0.2, -0.15) is 0 Å². The first-order valence-corrected chi connectivity index (χ1v) is 7.61. The maximum atomic E-state index is 12.5. The Morgan fingerprint density at radius 3 is 2.29 bits per heavy atom. The number of carbonyl (C=O) groups is 2. The zero-order valence-corrected chi connectivity index (χ0v) is 14.0. The minimum absolute atomic E-state index is 0.0473. The minimum atomic E-state index is -0.520. The summed E-state index contributed by atoms with van der Waals surface area (Å²) in [5, 5.41) is 0. The fraction of sp³-hybridized carbons (Fsp3) is 0.263. The molecule has 126 valence electrons. The molecule has 5 nitrogen and oxygen atoms in total. The molecule has 0 saturated carbocycles. The zero-order valence-electron chi connectivity index (χ0n) is 14.0. The maximum absolute atomic E-state index is 12.5. The fourth-order valence-electron chi connectivity index (χ4n) is 2.40. The third-order valence-corrected chi connectivity index (χ3v) is 3.54. The summed E-state index contributed by atoms with van der Waals surface area (Å²) in [6, 6.07) is 12.2. The normalized spacial score (nSPS) is 10.1. The summed E-state index contributed by atoms with van der Waals surface area (Å²) in [5.41, 5.74) is 1.34. The predicted octanol–water partition coefficient (Wildman–Crippen LogP) is 3.31. The van der Waals surface area contributed by atoms with Gasteiger partial charge in [0.2, 0.25) is 0 Å². The van der Waals surface area contributed by atoms with E-state index in [1.807, 2.05) is 6.07 Å². The molecule has 2 rings (SSSR count). The molecular weight excluding hydrogens is 308 g/mol. The SMILES string of the molecule is CCOC(=O)c1c(CC(=O)c2ccccc2)cc(OC)cc1OC. The van der Waals surface area contributed by atoms with Crippen molar-refractivity contribution in [2.75, 3.05) is 20.8 Å². The molecule has 0 aromatic heterocycles. The van der Waals surface area contributed by atoms with Gasteiger partial charge in [0.15, 0.2) is 5.78 Å². The third kappa shape index (κ3) is 3.93. The smallest absolute Gasteiger partial charge is 0.342 e. The largest absolute Gasteiger partial charge is 0.497 e. The lowest BCUT2D eigenvalue weighted by Gasteiger charge is -2.14. The van der Waals surface area contributed by atoms with Crippen LogP contribution >= 0.6 is 0 Å². The van der Waals surface area contributed by atoms with E-state index in [1.54, 1.807) is 43.3 Å². The van der Waals surface area contributed by atoms with Gasteiger partial charge in [0, 0.05) is 18.1 Å². The molecule has 0 heterocycles. The second kappa shape index (κ2) is 8.15. The first-order valence-electron chi connectivity index (χ1n) is 7.61. The Labute approximate surface area is 141 Å². The van der Waals surface area contributed by atoms with Crippen LogP contribution in [-0.4, -0.2) is 32.6 Å². The highest BCUT2D eigenvalue weighted by Crippen LogP contribution is 2.30. The summed E-state index contributed by atoms with van der Waals surface area (Å²) in [6.07, 6.45) is 0.0473. The van der Waals surface area contributed by atoms with Crippen molar-refractivity contribution in [1.82, 2.24) is 0 Å². The van der Waals surface area contributed by atoms with Gasteiger partial charge in [-0.25, -0.2) is 4.79 Å². The van der Waals surface area contributed by atoms with Gasteiger partial charge in [0.25, 0.3) is 0 Å². The van der Waals surface area contributed by atoms with Gasteiger partial charge < -0.3 is 14.2 Å². The van der Waals surface area contributed by atoms with Gasteiger partial charge >= 0.3 is 5.97 Å². The van der Waals surface area contributed by atoms with Crippen LogP contribution in [0.15, 0.2) is 42.5 Å². The van der Waals surface area contributed by atoms with Crippen molar-refractivity contribution in [3.05, 3.63) is 59.2 Å². The van der Waals surface area contributed by atoms with Gasteiger partial charge in [-0.3, -0.25) is 4.79 Å². The van der Waals surface area contributed by atoms with Crippen LogP contribution in [0.1, 0.15) is 33.2 Å².